The minimum Gasteiger partial charge on any atom is -0.389 e. The van der Waals surface area contributed by atoms with Gasteiger partial charge in [0.1, 0.15) is 5.82 Å². The molecule has 0 aliphatic heterocycles. The van der Waals surface area contributed by atoms with Gasteiger partial charge >= 0.3 is 0 Å². The van der Waals surface area contributed by atoms with Crippen LogP contribution < -0.4 is 0 Å². The summed E-state index contributed by atoms with van der Waals surface area (Å²) in [7, 11) is 2.04. The van der Waals surface area contributed by atoms with Gasteiger partial charge in [-0.2, -0.15) is 0 Å². The Labute approximate surface area is 119 Å². The molecular weight excluding hydrogens is 258 g/mol. The molecule has 19 heavy (non-hydrogen) atoms. The number of hydrogen-bond acceptors (Lipinski definition) is 4. The van der Waals surface area contributed by atoms with Crippen LogP contribution in [0.15, 0.2) is 5.16 Å². The minimum atomic E-state index is -0.497. The van der Waals surface area contributed by atoms with Crippen molar-refractivity contribution in [1.82, 2.24) is 14.8 Å². The van der Waals surface area contributed by atoms with Gasteiger partial charge in [-0.1, -0.05) is 18.7 Å². The quantitative estimate of drug-likeness (QED) is 0.862. The zero-order valence-corrected chi connectivity index (χ0v) is 12.6. The van der Waals surface area contributed by atoms with Crippen LogP contribution in [0.5, 0.6) is 0 Å². The summed E-state index contributed by atoms with van der Waals surface area (Å²) in [6.07, 6.45) is 6.63. The Balaban J connectivity index is 1.59. The van der Waals surface area contributed by atoms with E-state index in [4.69, 9.17) is 0 Å². The lowest BCUT2D eigenvalue weighted by atomic mass is 9.81. The van der Waals surface area contributed by atoms with Crippen LogP contribution in [0.3, 0.4) is 0 Å². The molecule has 0 aromatic carbocycles. The summed E-state index contributed by atoms with van der Waals surface area (Å²) < 4.78 is 2.11. The van der Waals surface area contributed by atoms with Crippen molar-refractivity contribution in [2.45, 2.75) is 62.1 Å². The molecule has 0 amide bonds. The van der Waals surface area contributed by atoms with Gasteiger partial charge in [0.05, 0.1) is 5.60 Å². The Morgan fingerprint density at radius 2 is 1.95 bits per heavy atom. The second-order valence-electron chi connectivity index (χ2n) is 6.37. The number of nitrogens with zero attached hydrogens (tertiary/aromatic N) is 3. The molecule has 2 aliphatic rings. The van der Waals surface area contributed by atoms with Crippen molar-refractivity contribution in [2.24, 2.45) is 13.0 Å². The molecule has 5 heteroatoms. The van der Waals surface area contributed by atoms with Gasteiger partial charge in [-0.25, -0.2) is 0 Å². The SMILES string of the molecule is CC1CCC(O)(CSc2nnc(C3CC3)n2C)CC1. The van der Waals surface area contributed by atoms with Crippen LogP contribution in [-0.4, -0.2) is 31.2 Å². The maximum atomic E-state index is 10.6. The Hall–Kier alpha value is -0.550. The van der Waals surface area contributed by atoms with E-state index in [0.29, 0.717) is 5.92 Å². The lowest BCUT2D eigenvalue weighted by Crippen LogP contribution is -2.36. The summed E-state index contributed by atoms with van der Waals surface area (Å²) in [5.74, 6) is 3.26. The molecule has 0 unspecified atom stereocenters. The van der Waals surface area contributed by atoms with Gasteiger partial charge in [0.25, 0.3) is 0 Å². The fourth-order valence-electron chi connectivity index (χ4n) is 2.79. The number of thioether (sulfide) groups is 1. The fourth-order valence-corrected chi connectivity index (χ4v) is 3.86. The van der Waals surface area contributed by atoms with E-state index >= 15 is 0 Å². The maximum Gasteiger partial charge on any atom is 0.191 e. The molecule has 0 radical (unpaired) electrons. The summed E-state index contributed by atoms with van der Waals surface area (Å²) in [5, 5.41) is 20.1. The summed E-state index contributed by atoms with van der Waals surface area (Å²) >= 11 is 1.66. The van der Waals surface area contributed by atoms with E-state index in [1.807, 2.05) is 7.05 Å². The van der Waals surface area contributed by atoms with E-state index in [2.05, 4.69) is 21.7 Å². The second-order valence-corrected chi connectivity index (χ2v) is 7.31. The molecule has 0 spiro atoms. The van der Waals surface area contributed by atoms with Crippen LogP contribution in [0.2, 0.25) is 0 Å². The lowest BCUT2D eigenvalue weighted by molar-refractivity contribution is 0.0149. The van der Waals surface area contributed by atoms with Crippen molar-refractivity contribution in [3.05, 3.63) is 5.82 Å². The molecule has 106 valence electrons. The van der Waals surface area contributed by atoms with Crippen molar-refractivity contribution in [2.75, 3.05) is 5.75 Å². The lowest BCUT2D eigenvalue weighted by Gasteiger charge is -2.34. The van der Waals surface area contributed by atoms with Crippen molar-refractivity contribution >= 4 is 11.8 Å². The zero-order valence-electron chi connectivity index (χ0n) is 11.8. The predicted molar refractivity (Wildman–Crippen MR) is 76.3 cm³/mol. The highest BCUT2D eigenvalue weighted by Crippen LogP contribution is 2.40. The third kappa shape index (κ3) is 2.97. The monoisotopic (exact) mass is 281 g/mol. The molecule has 1 heterocycles. The summed E-state index contributed by atoms with van der Waals surface area (Å²) in [6, 6.07) is 0. The first-order chi connectivity index (χ1) is 9.07. The van der Waals surface area contributed by atoms with E-state index in [-0.39, 0.29) is 0 Å². The third-order valence-corrected chi connectivity index (χ3v) is 5.78. The van der Waals surface area contributed by atoms with Crippen molar-refractivity contribution in [1.29, 1.82) is 0 Å². The van der Waals surface area contributed by atoms with Gasteiger partial charge in [0.2, 0.25) is 0 Å². The van der Waals surface area contributed by atoms with Gasteiger partial charge < -0.3 is 9.67 Å². The van der Waals surface area contributed by atoms with Crippen LogP contribution in [-0.2, 0) is 7.05 Å². The van der Waals surface area contributed by atoms with Crippen molar-refractivity contribution < 1.29 is 5.11 Å². The van der Waals surface area contributed by atoms with Gasteiger partial charge in [-0.3, -0.25) is 0 Å². The normalized spacial score (nSPS) is 31.6. The Kier molecular flexibility index (Phi) is 3.60. The molecule has 2 fully saturated rings. The molecule has 0 bridgehead atoms. The first kappa shape index (κ1) is 13.4. The van der Waals surface area contributed by atoms with Crippen LogP contribution in [0.4, 0.5) is 0 Å². The van der Waals surface area contributed by atoms with Crippen LogP contribution in [0, 0.1) is 5.92 Å². The third-order valence-electron chi connectivity index (χ3n) is 4.49. The smallest absolute Gasteiger partial charge is 0.191 e. The molecule has 1 N–H and O–H groups in total. The highest BCUT2D eigenvalue weighted by molar-refractivity contribution is 7.99. The molecule has 0 atom stereocenters. The minimum absolute atomic E-state index is 0.497. The molecular formula is C14H23N3OS. The van der Waals surface area contributed by atoms with Gasteiger partial charge in [-0.15, -0.1) is 10.2 Å². The first-order valence-corrected chi connectivity index (χ1v) is 8.30. The average molecular weight is 281 g/mol. The molecule has 0 saturated heterocycles. The molecule has 3 rings (SSSR count). The standard InChI is InChI=1S/C14H23N3OS/c1-10-5-7-14(18,8-6-10)9-19-13-16-15-12(17(13)2)11-3-4-11/h10-11,18H,3-9H2,1-2H3. The van der Waals surface area contributed by atoms with Gasteiger partial charge in [0.15, 0.2) is 5.16 Å². The second kappa shape index (κ2) is 5.09. The highest BCUT2D eigenvalue weighted by Gasteiger charge is 2.33. The van der Waals surface area contributed by atoms with Crippen LogP contribution in [0.25, 0.3) is 0 Å². The molecule has 1 aromatic rings. The first-order valence-electron chi connectivity index (χ1n) is 7.32. The van der Waals surface area contributed by atoms with E-state index in [1.54, 1.807) is 11.8 Å². The fraction of sp³-hybridized carbons (Fsp3) is 0.857. The highest BCUT2D eigenvalue weighted by atomic mass is 32.2. The predicted octanol–water partition coefficient (Wildman–Crippen LogP) is 2.73. The van der Waals surface area contributed by atoms with Gasteiger partial charge in [0, 0.05) is 18.7 Å². The maximum absolute atomic E-state index is 10.6. The van der Waals surface area contributed by atoms with Crippen LogP contribution in [0.1, 0.15) is 57.2 Å². The van der Waals surface area contributed by atoms with Gasteiger partial charge in [-0.05, 0) is 44.4 Å². The summed E-state index contributed by atoms with van der Waals surface area (Å²) in [6.45, 7) is 2.28. The van der Waals surface area contributed by atoms with Crippen molar-refractivity contribution in [3.8, 4) is 0 Å². The number of hydrogen-bond donors (Lipinski definition) is 1. The Morgan fingerprint density at radius 1 is 1.26 bits per heavy atom. The zero-order chi connectivity index (χ0) is 13.5. The van der Waals surface area contributed by atoms with E-state index < -0.39 is 5.60 Å². The number of aliphatic hydroxyl groups is 1. The average Bonchev–Trinajstić information content (AvgIpc) is 3.16. The van der Waals surface area contributed by atoms with E-state index in [0.717, 1.165) is 48.3 Å². The Bertz CT molecular complexity index is 448. The number of aromatic nitrogens is 3. The molecule has 2 aliphatic carbocycles. The topological polar surface area (TPSA) is 50.9 Å². The van der Waals surface area contributed by atoms with E-state index in [9.17, 15) is 5.11 Å². The largest absolute Gasteiger partial charge is 0.389 e. The number of rotatable bonds is 4. The van der Waals surface area contributed by atoms with E-state index in [1.165, 1.54) is 12.8 Å². The summed E-state index contributed by atoms with van der Waals surface area (Å²) in [5.41, 5.74) is -0.497. The summed E-state index contributed by atoms with van der Waals surface area (Å²) in [4.78, 5) is 0. The van der Waals surface area contributed by atoms with Crippen molar-refractivity contribution in [3.63, 3.8) is 0 Å². The molecule has 1 aromatic heterocycles. The van der Waals surface area contributed by atoms with Crippen LogP contribution >= 0.6 is 11.8 Å². The Morgan fingerprint density at radius 3 is 2.58 bits per heavy atom. The molecule has 2 saturated carbocycles. The molecule has 4 nitrogen and oxygen atoms in total.